The molecule has 108 valence electrons. The van der Waals surface area contributed by atoms with E-state index in [-0.39, 0.29) is 4.90 Å². The molecule has 0 aliphatic rings. The Bertz CT molecular complexity index is 502. The average Bonchev–Trinajstić information content (AvgIpc) is 2.44. The normalized spacial score (nSPS) is 13.5. The Morgan fingerprint density at radius 2 is 2.11 bits per heavy atom. The van der Waals surface area contributed by atoms with Gasteiger partial charge in [-0.15, -0.1) is 0 Å². The Hall–Kier alpha value is -1.14. The standard InChI is InChI=1S/C13H23N3O2S/c1-5-11(3)10-16(6-2)19(17,18)12-7-8-15-13(9-12)14-4/h7-9,11H,5-6,10H2,1-4H3,(H,14,15). The van der Waals surface area contributed by atoms with Gasteiger partial charge in [0.15, 0.2) is 0 Å². The van der Waals surface area contributed by atoms with Gasteiger partial charge < -0.3 is 5.32 Å². The van der Waals surface area contributed by atoms with Crippen molar-refractivity contribution in [2.45, 2.75) is 32.1 Å². The Morgan fingerprint density at radius 1 is 1.42 bits per heavy atom. The van der Waals surface area contributed by atoms with Gasteiger partial charge in [0.05, 0.1) is 4.90 Å². The average molecular weight is 285 g/mol. The summed E-state index contributed by atoms with van der Waals surface area (Å²) < 4.78 is 26.6. The van der Waals surface area contributed by atoms with Gasteiger partial charge in [-0.05, 0) is 12.0 Å². The third-order valence-corrected chi connectivity index (χ3v) is 5.13. The molecule has 0 aromatic carbocycles. The van der Waals surface area contributed by atoms with Crippen LogP contribution < -0.4 is 5.32 Å². The predicted octanol–water partition coefficient (Wildman–Crippen LogP) is 2.18. The maximum absolute atomic E-state index is 12.6. The van der Waals surface area contributed by atoms with Crippen LogP contribution in [0.2, 0.25) is 0 Å². The van der Waals surface area contributed by atoms with Crippen molar-refractivity contribution in [1.29, 1.82) is 0 Å². The number of nitrogens with one attached hydrogen (secondary N) is 1. The van der Waals surface area contributed by atoms with Crippen molar-refractivity contribution >= 4 is 15.8 Å². The zero-order valence-corrected chi connectivity index (χ0v) is 12.9. The molecule has 0 aliphatic carbocycles. The monoisotopic (exact) mass is 285 g/mol. The predicted molar refractivity (Wildman–Crippen MR) is 77.7 cm³/mol. The van der Waals surface area contributed by atoms with E-state index in [9.17, 15) is 8.42 Å². The molecule has 0 saturated carbocycles. The highest BCUT2D eigenvalue weighted by molar-refractivity contribution is 7.89. The van der Waals surface area contributed by atoms with E-state index in [4.69, 9.17) is 0 Å². The topological polar surface area (TPSA) is 62.3 Å². The van der Waals surface area contributed by atoms with E-state index in [1.807, 2.05) is 6.92 Å². The first-order valence-electron chi connectivity index (χ1n) is 6.59. The molecule has 0 radical (unpaired) electrons. The van der Waals surface area contributed by atoms with Crippen molar-refractivity contribution < 1.29 is 8.42 Å². The highest BCUT2D eigenvalue weighted by Crippen LogP contribution is 2.19. The lowest BCUT2D eigenvalue weighted by Crippen LogP contribution is -2.34. The van der Waals surface area contributed by atoms with Crippen LogP contribution in [0.3, 0.4) is 0 Å². The van der Waals surface area contributed by atoms with E-state index >= 15 is 0 Å². The zero-order valence-electron chi connectivity index (χ0n) is 12.0. The Kier molecular flexibility index (Phi) is 5.75. The van der Waals surface area contributed by atoms with Gasteiger partial charge in [0.2, 0.25) is 10.0 Å². The van der Waals surface area contributed by atoms with Crippen LogP contribution in [0.4, 0.5) is 5.82 Å². The Morgan fingerprint density at radius 3 is 2.63 bits per heavy atom. The van der Waals surface area contributed by atoms with Gasteiger partial charge in [-0.3, -0.25) is 0 Å². The first-order valence-corrected chi connectivity index (χ1v) is 8.03. The summed E-state index contributed by atoms with van der Waals surface area (Å²) in [6.45, 7) is 7.01. The highest BCUT2D eigenvalue weighted by Gasteiger charge is 2.24. The molecule has 1 rings (SSSR count). The molecular formula is C13H23N3O2S. The van der Waals surface area contributed by atoms with E-state index in [1.165, 1.54) is 16.6 Å². The van der Waals surface area contributed by atoms with Gasteiger partial charge in [-0.1, -0.05) is 27.2 Å². The molecule has 0 bridgehead atoms. The van der Waals surface area contributed by atoms with Gasteiger partial charge in [0, 0.05) is 32.4 Å². The molecule has 0 saturated heterocycles. The number of pyridine rings is 1. The summed E-state index contributed by atoms with van der Waals surface area (Å²) in [5.41, 5.74) is 0. The van der Waals surface area contributed by atoms with Crippen LogP contribution in [-0.2, 0) is 10.0 Å². The second-order valence-corrected chi connectivity index (χ2v) is 6.53. The maximum atomic E-state index is 12.6. The fourth-order valence-electron chi connectivity index (χ4n) is 1.73. The number of anilines is 1. The minimum absolute atomic E-state index is 0.289. The SMILES string of the molecule is CCC(C)CN(CC)S(=O)(=O)c1ccnc(NC)c1. The molecule has 1 N–H and O–H groups in total. The summed E-state index contributed by atoms with van der Waals surface area (Å²) >= 11 is 0. The van der Waals surface area contributed by atoms with Crippen molar-refractivity contribution in [2.75, 3.05) is 25.5 Å². The van der Waals surface area contributed by atoms with Gasteiger partial charge >= 0.3 is 0 Å². The molecule has 0 fully saturated rings. The molecule has 19 heavy (non-hydrogen) atoms. The molecule has 1 atom stereocenters. The largest absolute Gasteiger partial charge is 0.373 e. The molecule has 1 aromatic rings. The Labute approximate surface area is 116 Å². The summed E-state index contributed by atoms with van der Waals surface area (Å²) in [4.78, 5) is 4.33. The summed E-state index contributed by atoms with van der Waals surface area (Å²) in [6, 6.07) is 3.10. The number of sulfonamides is 1. The van der Waals surface area contributed by atoms with Crippen LogP contribution in [0, 0.1) is 5.92 Å². The summed E-state index contributed by atoms with van der Waals surface area (Å²) in [6.07, 6.45) is 2.47. The quantitative estimate of drug-likeness (QED) is 0.834. The highest BCUT2D eigenvalue weighted by atomic mass is 32.2. The summed E-state index contributed by atoms with van der Waals surface area (Å²) in [5.74, 6) is 0.904. The number of hydrogen-bond acceptors (Lipinski definition) is 4. The first-order chi connectivity index (χ1) is 8.95. The summed E-state index contributed by atoms with van der Waals surface area (Å²) in [5, 5.41) is 2.85. The minimum Gasteiger partial charge on any atom is -0.373 e. The third kappa shape index (κ3) is 3.91. The van der Waals surface area contributed by atoms with Crippen molar-refractivity contribution in [1.82, 2.24) is 9.29 Å². The van der Waals surface area contributed by atoms with Crippen LogP contribution in [0.15, 0.2) is 23.2 Å². The molecule has 1 unspecified atom stereocenters. The fourth-order valence-corrected chi connectivity index (χ4v) is 3.31. The van der Waals surface area contributed by atoms with Gasteiger partial charge in [-0.25, -0.2) is 13.4 Å². The molecule has 6 heteroatoms. The molecule has 0 aliphatic heterocycles. The number of nitrogens with zero attached hydrogens (tertiary/aromatic N) is 2. The van der Waals surface area contributed by atoms with E-state index in [1.54, 1.807) is 13.1 Å². The lowest BCUT2D eigenvalue weighted by atomic mass is 10.1. The van der Waals surface area contributed by atoms with Crippen molar-refractivity contribution in [3.05, 3.63) is 18.3 Å². The zero-order chi connectivity index (χ0) is 14.5. The Balaban J connectivity index is 3.05. The number of rotatable bonds is 7. The van der Waals surface area contributed by atoms with Crippen molar-refractivity contribution in [3.8, 4) is 0 Å². The maximum Gasteiger partial charge on any atom is 0.243 e. The molecule has 1 aromatic heterocycles. The molecule has 1 heterocycles. The van der Waals surface area contributed by atoms with Crippen LogP contribution in [0.1, 0.15) is 27.2 Å². The second kappa shape index (κ2) is 6.86. The molecule has 0 amide bonds. The van der Waals surface area contributed by atoms with Crippen LogP contribution in [0.25, 0.3) is 0 Å². The molecular weight excluding hydrogens is 262 g/mol. The van der Waals surface area contributed by atoms with Crippen molar-refractivity contribution in [2.24, 2.45) is 5.92 Å². The van der Waals surface area contributed by atoms with E-state index in [0.717, 1.165) is 6.42 Å². The van der Waals surface area contributed by atoms with Gasteiger partial charge in [0.25, 0.3) is 0 Å². The summed E-state index contributed by atoms with van der Waals surface area (Å²) in [7, 11) is -1.72. The number of hydrogen-bond donors (Lipinski definition) is 1. The lowest BCUT2D eigenvalue weighted by molar-refractivity contribution is 0.361. The van der Waals surface area contributed by atoms with E-state index < -0.39 is 10.0 Å². The number of aromatic nitrogens is 1. The van der Waals surface area contributed by atoms with Crippen LogP contribution in [0.5, 0.6) is 0 Å². The molecule has 0 spiro atoms. The van der Waals surface area contributed by atoms with E-state index in [2.05, 4.69) is 24.1 Å². The van der Waals surface area contributed by atoms with Crippen LogP contribution >= 0.6 is 0 Å². The third-order valence-electron chi connectivity index (χ3n) is 3.19. The lowest BCUT2D eigenvalue weighted by Gasteiger charge is -2.23. The van der Waals surface area contributed by atoms with Crippen LogP contribution in [-0.4, -0.2) is 37.8 Å². The minimum atomic E-state index is -3.44. The molecule has 5 nitrogen and oxygen atoms in total. The van der Waals surface area contributed by atoms with Gasteiger partial charge in [0.1, 0.15) is 5.82 Å². The first kappa shape index (κ1) is 15.9. The second-order valence-electron chi connectivity index (χ2n) is 4.60. The van der Waals surface area contributed by atoms with E-state index in [0.29, 0.717) is 24.8 Å². The fraction of sp³-hybridized carbons (Fsp3) is 0.615. The smallest absolute Gasteiger partial charge is 0.243 e. The van der Waals surface area contributed by atoms with Gasteiger partial charge in [-0.2, -0.15) is 4.31 Å². The van der Waals surface area contributed by atoms with Crippen molar-refractivity contribution in [3.63, 3.8) is 0 Å².